The van der Waals surface area contributed by atoms with Gasteiger partial charge in [-0.1, -0.05) is 16.9 Å². The summed E-state index contributed by atoms with van der Waals surface area (Å²) >= 11 is 1.20. The average Bonchev–Trinajstić information content (AvgIpc) is 2.90. The van der Waals surface area contributed by atoms with Crippen molar-refractivity contribution in [2.45, 2.75) is 32.0 Å². The maximum atomic E-state index is 10.6. The number of carboxylic acid groups (broad SMARTS) is 1. The van der Waals surface area contributed by atoms with Crippen molar-refractivity contribution in [2.75, 3.05) is 5.75 Å². The highest BCUT2D eigenvalue weighted by Gasteiger charge is 2.10. The summed E-state index contributed by atoms with van der Waals surface area (Å²) in [7, 11) is 0. The SMILES string of the molecule is Cc1cn(CCc2nc(C)no2)c(SCC(=O)O)n1. The first-order chi connectivity index (χ1) is 9.04. The number of carboxylic acids is 1. The normalized spacial score (nSPS) is 10.8. The summed E-state index contributed by atoms with van der Waals surface area (Å²) in [6.45, 7) is 4.27. The van der Waals surface area contributed by atoms with Gasteiger partial charge in [0.1, 0.15) is 0 Å². The molecule has 0 aromatic carbocycles. The second-order valence-electron chi connectivity index (χ2n) is 4.03. The van der Waals surface area contributed by atoms with Crippen LogP contribution in [0.2, 0.25) is 0 Å². The van der Waals surface area contributed by atoms with Gasteiger partial charge >= 0.3 is 5.97 Å². The summed E-state index contributed by atoms with van der Waals surface area (Å²) in [5, 5.41) is 13.1. The van der Waals surface area contributed by atoms with Crippen LogP contribution >= 0.6 is 11.8 Å². The lowest BCUT2D eigenvalue weighted by atomic mass is 10.4. The maximum absolute atomic E-state index is 10.6. The van der Waals surface area contributed by atoms with Crippen molar-refractivity contribution in [1.82, 2.24) is 19.7 Å². The molecule has 1 N–H and O–H groups in total. The molecule has 0 saturated carbocycles. The van der Waals surface area contributed by atoms with Crippen molar-refractivity contribution in [3.8, 4) is 0 Å². The van der Waals surface area contributed by atoms with E-state index in [0.29, 0.717) is 29.8 Å². The zero-order valence-corrected chi connectivity index (χ0v) is 11.5. The molecule has 2 aromatic rings. The van der Waals surface area contributed by atoms with E-state index in [0.717, 1.165) is 5.69 Å². The molecule has 0 aliphatic carbocycles. The molecule has 2 aromatic heterocycles. The van der Waals surface area contributed by atoms with Crippen molar-refractivity contribution in [3.63, 3.8) is 0 Å². The van der Waals surface area contributed by atoms with Gasteiger partial charge < -0.3 is 14.2 Å². The molecule has 19 heavy (non-hydrogen) atoms. The number of aliphatic carboxylic acids is 1. The van der Waals surface area contributed by atoms with Gasteiger partial charge in [-0.25, -0.2) is 4.98 Å². The highest BCUT2D eigenvalue weighted by Crippen LogP contribution is 2.18. The van der Waals surface area contributed by atoms with Crippen LogP contribution in [0.15, 0.2) is 15.9 Å². The molecule has 0 saturated heterocycles. The predicted octanol–water partition coefficient (Wildman–Crippen LogP) is 1.30. The summed E-state index contributed by atoms with van der Waals surface area (Å²) in [6.07, 6.45) is 2.48. The summed E-state index contributed by atoms with van der Waals surface area (Å²) in [6, 6.07) is 0. The standard InChI is InChI=1S/C11H14N4O3S/c1-7-5-15(11(12-7)19-6-10(16)17)4-3-9-13-8(2)14-18-9/h5H,3-4,6H2,1-2H3,(H,16,17). The minimum Gasteiger partial charge on any atom is -0.481 e. The first kappa shape index (κ1) is 13.6. The number of aryl methyl sites for hydroxylation is 4. The molecule has 2 rings (SSSR count). The van der Waals surface area contributed by atoms with Crippen LogP contribution in [0.1, 0.15) is 17.4 Å². The molecule has 0 fully saturated rings. The lowest BCUT2D eigenvalue weighted by molar-refractivity contribution is -0.133. The van der Waals surface area contributed by atoms with Gasteiger partial charge in [0.15, 0.2) is 11.0 Å². The van der Waals surface area contributed by atoms with E-state index in [2.05, 4.69) is 15.1 Å². The molecule has 7 nitrogen and oxygen atoms in total. The first-order valence-electron chi connectivity index (χ1n) is 5.72. The van der Waals surface area contributed by atoms with E-state index in [1.54, 1.807) is 6.92 Å². The number of imidazole rings is 1. The lowest BCUT2D eigenvalue weighted by Crippen LogP contribution is -2.04. The summed E-state index contributed by atoms with van der Waals surface area (Å²) in [4.78, 5) is 19.0. The number of hydrogen-bond donors (Lipinski definition) is 1. The summed E-state index contributed by atoms with van der Waals surface area (Å²) < 4.78 is 6.94. The molecule has 0 unspecified atom stereocenters. The molecule has 0 radical (unpaired) electrons. The molecule has 0 atom stereocenters. The van der Waals surface area contributed by atoms with Crippen LogP contribution in [-0.4, -0.2) is 36.5 Å². The molecular formula is C11H14N4O3S. The average molecular weight is 282 g/mol. The van der Waals surface area contributed by atoms with Crippen LogP contribution in [0.3, 0.4) is 0 Å². The molecule has 102 valence electrons. The molecule has 0 spiro atoms. The fourth-order valence-corrected chi connectivity index (χ4v) is 2.35. The number of aromatic nitrogens is 4. The molecule has 2 heterocycles. The van der Waals surface area contributed by atoms with E-state index in [9.17, 15) is 4.79 Å². The minimum atomic E-state index is -0.857. The van der Waals surface area contributed by atoms with Crippen LogP contribution in [-0.2, 0) is 17.8 Å². The van der Waals surface area contributed by atoms with Gasteiger partial charge in [0.05, 0.1) is 11.4 Å². The third-order valence-electron chi connectivity index (χ3n) is 2.32. The number of rotatable bonds is 6. The molecule has 0 bridgehead atoms. The van der Waals surface area contributed by atoms with Crippen LogP contribution < -0.4 is 0 Å². The number of carbonyl (C=O) groups is 1. The van der Waals surface area contributed by atoms with Crippen molar-refractivity contribution in [3.05, 3.63) is 23.6 Å². The van der Waals surface area contributed by atoms with Crippen LogP contribution in [0, 0.1) is 13.8 Å². The summed E-state index contributed by atoms with van der Waals surface area (Å²) in [5.74, 6) is 0.316. The van der Waals surface area contributed by atoms with E-state index in [1.807, 2.05) is 17.7 Å². The Balaban J connectivity index is 2.00. The first-order valence-corrected chi connectivity index (χ1v) is 6.70. The smallest absolute Gasteiger partial charge is 0.313 e. The van der Waals surface area contributed by atoms with Crippen LogP contribution in [0.4, 0.5) is 0 Å². The zero-order chi connectivity index (χ0) is 13.8. The second kappa shape index (κ2) is 5.87. The van der Waals surface area contributed by atoms with Crippen molar-refractivity contribution >= 4 is 17.7 Å². The lowest BCUT2D eigenvalue weighted by Gasteiger charge is -2.04. The van der Waals surface area contributed by atoms with E-state index in [-0.39, 0.29) is 5.75 Å². The Bertz CT molecular complexity index is 578. The highest BCUT2D eigenvalue weighted by molar-refractivity contribution is 7.99. The Morgan fingerprint density at radius 3 is 2.89 bits per heavy atom. The van der Waals surface area contributed by atoms with Gasteiger partial charge in [0, 0.05) is 19.2 Å². The van der Waals surface area contributed by atoms with Gasteiger partial charge in [0.25, 0.3) is 0 Å². The maximum Gasteiger partial charge on any atom is 0.313 e. The van der Waals surface area contributed by atoms with E-state index in [1.165, 1.54) is 11.8 Å². The Kier molecular flexibility index (Phi) is 4.20. The fraction of sp³-hybridized carbons (Fsp3) is 0.455. The Morgan fingerprint density at radius 2 is 2.26 bits per heavy atom. The number of thioether (sulfide) groups is 1. The Morgan fingerprint density at radius 1 is 1.47 bits per heavy atom. The van der Waals surface area contributed by atoms with Gasteiger partial charge in [-0.3, -0.25) is 4.79 Å². The Hall–Kier alpha value is -1.83. The molecule has 8 heteroatoms. The van der Waals surface area contributed by atoms with E-state index < -0.39 is 5.97 Å². The predicted molar refractivity (Wildman–Crippen MR) is 68.1 cm³/mol. The third kappa shape index (κ3) is 3.82. The second-order valence-corrected chi connectivity index (χ2v) is 4.97. The van der Waals surface area contributed by atoms with Crippen molar-refractivity contribution < 1.29 is 14.4 Å². The Labute approximate surface area is 114 Å². The fourth-order valence-electron chi connectivity index (χ4n) is 1.58. The monoisotopic (exact) mass is 282 g/mol. The van der Waals surface area contributed by atoms with Gasteiger partial charge in [-0.2, -0.15) is 4.98 Å². The molecule has 0 aliphatic heterocycles. The van der Waals surface area contributed by atoms with E-state index >= 15 is 0 Å². The van der Waals surface area contributed by atoms with Gasteiger partial charge in [0.2, 0.25) is 5.89 Å². The number of hydrogen-bond acceptors (Lipinski definition) is 6. The van der Waals surface area contributed by atoms with Crippen molar-refractivity contribution in [1.29, 1.82) is 0 Å². The highest BCUT2D eigenvalue weighted by atomic mass is 32.2. The van der Waals surface area contributed by atoms with Gasteiger partial charge in [-0.05, 0) is 13.8 Å². The topological polar surface area (TPSA) is 94.0 Å². The molecular weight excluding hydrogens is 268 g/mol. The summed E-state index contributed by atoms with van der Waals surface area (Å²) in [5.41, 5.74) is 0.856. The minimum absolute atomic E-state index is 0.00385. The third-order valence-corrected chi connectivity index (χ3v) is 3.30. The van der Waals surface area contributed by atoms with E-state index in [4.69, 9.17) is 9.63 Å². The molecule has 0 aliphatic rings. The largest absolute Gasteiger partial charge is 0.481 e. The van der Waals surface area contributed by atoms with Gasteiger partial charge in [-0.15, -0.1) is 0 Å². The molecule has 0 amide bonds. The van der Waals surface area contributed by atoms with Crippen molar-refractivity contribution in [2.24, 2.45) is 0 Å². The quantitative estimate of drug-likeness (QED) is 0.798. The van der Waals surface area contributed by atoms with Crippen LogP contribution in [0.5, 0.6) is 0 Å². The number of nitrogens with zero attached hydrogens (tertiary/aromatic N) is 4. The van der Waals surface area contributed by atoms with Crippen LogP contribution in [0.25, 0.3) is 0 Å². The zero-order valence-electron chi connectivity index (χ0n) is 10.7.